The van der Waals surface area contributed by atoms with Crippen LogP contribution >= 0.6 is 0 Å². The van der Waals surface area contributed by atoms with E-state index >= 15 is 0 Å². The Kier molecular flexibility index (Phi) is 3.29. The zero-order valence-electron chi connectivity index (χ0n) is 9.48. The van der Waals surface area contributed by atoms with E-state index in [0.717, 1.165) is 13.0 Å². The fraction of sp³-hybridized carbons (Fsp3) is 0.917. The molecule has 0 radical (unpaired) electrons. The second-order valence-corrected chi connectivity index (χ2v) is 5.18. The molecular weight excluding hydrogens is 190 g/mol. The van der Waals surface area contributed by atoms with Crippen LogP contribution in [0, 0.1) is 11.8 Å². The Balaban J connectivity index is 2.05. The highest BCUT2D eigenvalue weighted by Crippen LogP contribution is 2.35. The van der Waals surface area contributed by atoms with E-state index < -0.39 is 5.97 Å². The van der Waals surface area contributed by atoms with Crippen LogP contribution < -0.4 is 0 Å². The molecule has 3 unspecified atom stereocenters. The molecule has 1 aliphatic heterocycles. The number of carboxylic acid groups (broad SMARTS) is 1. The molecule has 0 spiro atoms. The summed E-state index contributed by atoms with van der Waals surface area (Å²) in [5.41, 5.74) is 0. The van der Waals surface area contributed by atoms with Crippen LogP contribution in [0.25, 0.3) is 0 Å². The predicted octanol–water partition coefficient (Wildman–Crippen LogP) is 1.97. The van der Waals surface area contributed by atoms with Gasteiger partial charge in [0.2, 0.25) is 0 Å². The summed E-state index contributed by atoms with van der Waals surface area (Å²) >= 11 is 0. The minimum absolute atomic E-state index is 0.130. The van der Waals surface area contributed by atoms with Gasteiger partial charge in [0, 0.05) is 12.6 Å². The van der Waals surface area contributed by atoms with Crippen molar-refractivity contribution in [3.63, 3.8) is 0 Å². The summed E-state index contributed by atoms with van der Waals surface area (Å²) in [4.78, 5) is 13.3. The highest BCUT2D eigenvalue weighted by Gasteiger charge is 2.37. The molecule has 3 nitrogen and oxygen atoms in total. The normalized spacial score (nSPS) is 38.1. The summed E-state index contributed by atoms with van der Waals surface area (Å²) in [6.07, 6.45) is 7.36. The van der Waals surface area contributed by atoms with Gasteiger partial charge in [0.05, 0.1) is 5.92 Å². The van der Waals surface area contributed by atoms with Crippen molar-refractivity contribution in [2.75, 3.05) is 13.6 Å². The number of aliphatic carboxylic acids is 1. The molecule has 1 saturated carbocycles. The van der Waals surface area contributed by atoms with Crippen molar-refractivity contribution in [3.8, 4) is 0 Å². The van der Waals surface area contributed by atoms with Gasteiger partial charge in [-0.3, -0.25) is 4.79 Å². The van der Waals surface area contributed by atoms with Crippen LogP contribution in [0.5, 0.6) is 0 Å². The molecule has 2 aliphatic rings. The van der Waals surface area contributed by atoms with Crippen molar-refractivity contribution in [2.45, 2.75) is 44.6 Å². The minimum atomic E-state index is -0.607. The first-order valence-corrected chi connectivity index (χ1v) is 6.11. The lowest BCUT2D eigenvalue weighted by atomic mass is 9.81. The molecule has 1 saturated heterocycles. The van der Waals surface area contributed by atoms with E-state index in [0.29, 0.717) is 12.0 Å². The molecule has 0 aromatic rings. The third-order valence-electron chi connectivity index (χ3n) is 4.13. The Bertz CT molecular complexity index is 242. The van der Waals surface area contributed by atoms with Crippen molar-refractivity contribution in [1.82, 2.24) is 4.90 Å². The molecular formula is C12H21NO2. The second kappa shape index (κ2) is 4.52. The van der Waals surface area contributed by atoms with E-state index in [4.69, 9.17) is 5.11 Å². The lowest BCUT2D eigenvalue weighted by Gasteiger charge is -2.41. The number of rotatable bonds is 1. The predicted molar refractivity (Wildman–Crippen MR) is 58.7 cm³/mol. The third kappa shape index (κ3) is 2.33. The molecule has 0 amide bonds. The number of hydrogen-bond donors (Lipinski definition) is 1. The van der Waals surface area contributed by atoms with Crippen molar-refractivity contribution in [2.24, 2.45) is 11.8 Å². The van der Waals surface area contributed by atoms with Gasteiger partial charge in [0.1, 0.15) is 0 Å². The van der Waals surface area contributed by atoms with E-state index in [2.05, 4.69) is 11.9 Å². The Morgan fingerprint density at radius 3 is 2.73 bits per heavy atom. The molecule has 1 aliphatic carbocycles. The van der Waals surface area contributed by atoms with Gasteiger partial charge in [-0.25, -0.2) is 0 Å². The van der Waals surface area contributed by atoms with Crippen LogP contribution in [0.15, 0.2) is 0 Å². The van der Waals surface area contributed by atoms with Crippen LogP contribution in [0.1, 0.15) is 38.5 Å². The fourth-order valence-corrected chi connectivity index (χ4v) is 3.32. The highest BCUT2D eigenvalue weighted by atomic mass is 16.4. The molecule has 2 fully saturated rings. The van der Waals surface area contributed by atoms with E-state index in [1.165, 1.54) is 32.1 Å². The van der Waals surface area contributed by atoms with Crippen LogP contribution in [0.3, 0.4) is 0 Å². The number of hydrogen-bond acceptors (Lipinski definition) is 2. The van der Waals surface area contributed by atoms with Crippen molar-refractivity contribution in [1.29, 1.82) is 0 Å². The van der Waals surface area contributed by atoms with Crippen LogP contribution in [0.4, 0.5) is 0 Å². The Morgan fingerprint density at radius 1 is 1.27 bits per heavy atom. The highest BCUT2D eigenvalue weighted by molar-refractivity contribution is 5.70. The molecule has 0 aromatic carbocycles. The van der Waals surface area contributed by atoms with Gasteiger partial charge in [-0.2, -0.15) is 0 Å². The summed E-state index contributed by atoms with van der Waals surface area (Å²) in [5.74, 6) is -0.105. The summed E-state index contributed by atoms with van der Waals surface area (Å²) in [5, 5.41) is 9.09. The SMILES string of the molecule is CN1CC(C(=O)O)CC2CCCCCC21. The Labute approximate surface area is 91.5 Å². The standard InChI is InChI=1S/C12H21NO2/c1-13-8-10(12(14)15)7-9-5-3-2-4-6-11(9)13/h9-11H,2-8H2,1H3,(H,14,15). The maximum Gasteiger partial charge on any atom is 0.307 e. The topological polar surface area (TPSA) is 40.5 Å². The first-order valence-electron chi connectivity index (χ1n) is 6.11. The van der Waals surface area contributed by atoms with Gasteiger partial charge in [0.15, 0.2) is 0 Å². The molecule has 86 valence electrons. The molecule has 3 heteroatoms. The van der Waals surface area contributed by atoms with Crippen LogP contribution in [0.2, 0.25) is 0 Å². The zero-order chi connectivity index (χ0) is 10.8. The fourth-order valence-electron chi connectivity index (χ4n) is 3.32. The zero-order valence-corrected chi connectivity index (χ0v) is 9.48. The number of likely N-dealkylation sites (tertiary alicyclic amines) is 1. The van der Waals surface area contributed by atoms with Crippen molar-refractivity contribution >= 4 is 5.97 Å². The second-order valence-electron chi connectivity index (χ2n) is 5.18. The van der Waals surface area contributed by atoms with Gasteiger partial charge in [-0.15, -0.1) is 0 Å². The van der Waals surface area contributed by atoms with Gasteiger partial charge in [-0.05, 0) is 32.2 Å². The van der Waals surface area contributed by atoms with Crippen molar-refractivity contribution < 1.29 is 9.90 Å². The molecule has 1 N–H and O–H groups in total. The molecule has 0 aromatic heterocycles. The van der Waals surface area contributed by atoms with Crippen molar-refractivity contribution in [3.05, 3.63) is 0 Å². The monoisotopic (exact) mass is 211 g/mol. The molecule has 2 rings (SSSR count). The van der Waals surface area contributed by atoms with Gasteiger partial charge in [0.25, 0.3) is 0 Å². The van der Waals surface area contributed by atoms with Gasteiger partial charge < -0.3 is 10.0 Å². The number of fused-ring (bicyclic) bond motifs is 1. The van der Waals surface area contributed by atoms with E-state index in [9.17, 15) is 4.79 Å². The molecule has 15 heavy (non-hydrogen) atoms. The van der Waals surface area contributed by atoms with E-state index in [1.54, 1.807) is 0 Å². The molecule has 1 heterocycles. The average Bonchev–Trinajstić information content (AvgIpc) is 2.42. The number of nitrogens with zero attached hydrogens (tertiary/aromatic N) is 1. The average molecular weight is 211 g/mol. The van der Waals surface area contributed by atoms with Gasteiger partial charge in [-0.1, -0.05) is 19.3 Å². The maximum absolute atomic E-state index is 11.0. The number of carbonyl (C=O) groups is 1. The largest absolute Gasteiger partial charge is 0.481 e. The third-order valence-corrected chi connectivity index (χ3v) is 4.13. The Hall–Kier alpha value is -0.570. The van der Waals surface area contributed by atoms with Crippen LogP contribution in [-0.2, 0) is 4.79 Å². The first-order chi connectivity index (χ1) is 7.18. The van der Waals surface area contributed by atoms with Gasteiger partial charge >= 0.3 is 5.97 Å². The van der Waals surface area contributed by atoms with E-state index in [1.807, 2.05) is 0 Å². The number of piperidine rings is 1. The Morgan fingerprint density at radius 2 is 2.00 bits per heavy atom. The first kappa shape index (κ1) is 10.9. The quantitative estimate of drug-likeness (QED) is 0.721. The van der Waals surface area contributed by atoms with Crippen LogP contribution in [-0.4, -0.2) is 35.6 Å². The minimum Gasteiger partial charge on any atom is -0.481 e. The summed E-state index contributed by atoms with van der Waals surface area (Å²) in [7, 11) is 2.10. The lowest BCUT2D eigenvalue weighted by molar-refractivity contribution is -0.145. The maximum atomic E-state index is 11.0. The summed E-state index contributed by atoms with van der Waals surface area (Å²) < 4.78 is 0. The summed E-state index contributed by atoms with van der Waals surface area (Å²) in [6.45, 7) is 0.747. The number of carboxylic acids is 1. The molecule has 0 bridgehead atoms. The van der Waals surface area contributed by atoms with E-state index in [-0.39, 0.29) is 5.92 Å². The lowest BCUT2D eigenvalue weighted by Crippen LogP contribution is -2.48. The molecule has 3 atom stereocenters. The summed E-state index contributed by atoms with van der Waals surface area (Å²) in [6, 6.07) is 0.656. The smallest absolute Gasteiger partial charge is 0.307 e.